The molecule has 0 fully saturated rings. The minimum atomic E-state index is -3.08. The van der Waals surface area contributed by atoms with Gasteiger partial charge in [0.15, 0.2) is 7.14 Å². The molecule has 5 heteroatoms. The fourth-order valence-corrected chi connectivity index (χ4v) is 9.28. The van der Waals surface area contributed by atoms with Gasteiger partial charge in [0.1, 0.15) is 0 Å². The van der Waals surface area contributed by atoms with Crippen LogP contribution < -0.4 is 20.8 Å². The van der Waals surface area contributed by atoms with E-state index in [1.165, 1.54) is 0 Å². The number of hydrogen-bond donors (Lipinski definition) is 0. The Balaban J connectivity index is 1.25. The summed E-state index contributed by atoms with van der Waals surface area (Å²) in [5, 5.41) is 2.55. The Morgan fingerprint density at radius 1 is 0.444 bits per heavy atom. The van der Waals surface area contributed by atoms with E-state index in [4.69, 9.17) is 0 Å². The van der Waals surface area contributed by atoms with Crippen LogP contribution in [0.2, 0.25) is 0 Å². The maximum Gasteiger partial charge on any atom is 0.175 e. The monoisotopic (exact) mass is 597 g/mol. The summed E-state index contributed by atoms with van der Waals surface area (Å²) in [5.74, 6) is 0. The molecule has 8 rings (SSSR count). The van der Waals surface area contributed by atoms with E-state index in [0.717, 1.165) is 66.4 Å². The summed E-state index contributed by atoms with van der Waals surface area (Å²) in [6, 6.07) is 49.4. The van der Waals surface area contributed by atoms with Crippen LogP contribution in [0, 0.1) is 0 Å². The van der Waals surface area contributed by atoms with Gasteiger partial charge in [-0.15, -0.1) is 0 Å². The fraction of sp³-hybridized carbons (Fsp3) is 0. The number of anilines is 3. The molecule has 2 aromatic heterocycles. The fourth-order valence-electron chi connectivity index (χ4n) is 6.29. The minimum Gasteiger partial charge on any atom is -0.309 e. The Bertz CT molecular complexity index is 2070. The highest BCUT2D eigenvalue weighted by Crippen LogP contribution is 2.53. The predicted octanol–water partition coefficient (Wildman–Crippen LogP) is 8.90. The summed E-state index contributed by atoms with van der Waals surface area (Å²) >= 11 is 0. The van der Waals surface area contributed by atoms with Gasteiger partial charge in [0, 0.05) is 57.5 Å². The van der Waals surface area contributed by atoms with Crippen molar-refractivity contribution < 1.29 is 4.57 Å². The molecule has 0 N–H and O–H groups in total. The maximum absolute atomic E-state index is 15.2. The van der Waals surface area contributed by atoms with E-state index in [2.05, 4.69) is 81.6 Å². The van der Waals surface area contributed by atoms with Gasteiger partial charge in [-0.3, -0.25) is 9.97 Å². The summed E-state index contributed by atoms with van der Waals surface area (Å²) in [7, 11) is -3.08. The van der Waals surface area contributed by atoms with Crippen molar-refractivity contribution in [1.29, 1.82) is 0 Å². The topological polar surface area (TPSA) is 46.1 Å². The molecular weight excluding hydrogens is 569 g/mol. The number of hydrogen-bond acceptors (Lipinski definition) is 4. The largest absolute Gasteiger partial charge is 0.309 e. The molecule has 0 saturated carbocycles. The number of benzene rings is 5. The molecule has 1 aliphatic heterocycles. The first kappa shape index (κ1) is 27.0. The van der Waals surface area contributed by atoms with Crippen LogP contribution in [0.3, 0.4) is 0 Å². The summed E-state index contributed by atoms with van der Waals surface area (Å²) < 4.78 is 15.2. The second-order valence-electron chi connectivity index (χ2n) is 11.1. The van der Waals surface area contributed by atoms with Gasteiger partial charge in [0.2, 0.25) is 0 Å². The molecule has 214 valence electrons. The Hall–Kier alpha value is -5.57. The molecule has 0 unspecified atom stereocenters. The maximum atomic E-state index is 15.2. The lowest BCUT2D eigenvalue weighted by Gasteiger charge is -2.37. The highest BCUT2D eigenvalue weighted by atomic mass is 31.2. The van der Waals surface area contributed by atoms with Crippen LogP contribution in [-0.4, -0.2) is 9.97 Å². The molecule has 0 bridgehead atoms. The molecule has 4 nitrogen and oxygen atoms in total. The van der Waals surface area contributed by atoms with E-state index in [1.54, 1.807) is 12.4 Å². The molecule has 0 spiro atoms. The van der Waals surface area contributed by atoms with Crippen LogP contribution in [-0.2, 0) is 4.57 Å². The molecule has 5 aromatic carbocycles. The first-order valence-corrected chi connectivity index (χ1v) is 16.6. The Morgan fingerprint density at radius 2 is 0.933 bits per heavy atom. The first-order chi connectivity index (χ1) is 22.2. The molecule has 0 saturated heterocycles. The number of nitrogens with zero attached hydrogens (tertiary/aromatic N) is 3. The van der Waals surface area contributed by atoms with Crippen LogP contribution in [0.25, 0.3) is 33.4 Å². The van der Waals surface area contributed by atoms with Gasteiger partial charge in [0.25, 0.3) is 0 Å². The van der Waals surface area contributed by atoms with Gasteiger partial charge >= 0.3 is 0 Å². The van der Waals surface area contributed by atoms with Crippen molar-refractivity contribution in [1.82, 2.24) is 9.97 Å². The molecule has 1 aliphatic rings. The smallest absolute Gasteiger partial charge is 0.175 e. The molecule has 3 heterocycles. The molecule has 0 amide bonds. The zero-order valence-corrected chi connectivity index (χ0v) is 25.3. The highest BCUT2D eigenvalue weighted by molar-refractivity contribution is 7.86. The summed E-state index contributed by atoms with van der Waals surface area (Å²) in [4.78, 5) is 11.0. The van der Waals surface area contributed by atoms with Crippen LogP contribution in [0.15, 0.2) is 170 Å². The van der Waals surface area contributed by atoms with Gasteiger partial charge < -0.3 is 9.46 Å². The third-order valence-electron chi connectivity index (χ3n) is 8.43. The normalized spacial score (nSPS) is 13.1. The molecule has 45 heavy (non-hydrogen) atoms. The van der Waals surface area contributed by atoms with Gasteiger partial charge in [-0.25, -0.2) is 0 Å². The van der Waals surface area contributed by atoms with Crippen molar-refractivity contribution in [3.05, 3.63) is 170 Å². The van der Waals surface area contributed by atoms with Crippen LogP contribution in [0.5, 0.6) is 0 Å². The Kier molecular flexibility index (Phi) is 6.70. The van der Waals surface area contributed by atoms with Crippen molar-refractivity contribution in [2.45, 2.75) is 0 Å². The number of fused-ring (bicyclic) bond motifs is 2. The zero-order valence-electron chi connectivity index (χ0n) is 24.4. The Morgan fingerprint density at radius 3 is 1.44 bits per heavy atom. The van der Waals surface area contributed by atoms with Gasteiger partial charge in [-0.1, -0.05) is 78.9 Å². The second kappa shape index (κ2) is 11.2. The van der Waals surface area contributed by atoms with Gasteiger partial charge in [-0.05, 0) is 89.0 Å². The molecule has 7 aromatic rings. The lowest BCUT2D eigenvalue weighted by atomic mass is 9.94. The second-order valence-corrected chi connectivity index (χ2v) is 13.8. The van der Waals surface area contributed by atoms with E-state index in [0.29, 0.717) is 0 Å². The molecule has 0 aliphatic carbocycles. The third kappa shape index (κ3) is 4.68. The zero-order chi connectivity index (χ0) is 30.2. The lowest BCUT2D eigenvalue weighted by molar-refractivity contribution is 0.592. The van der Waals surface area contributed by atoms with E-state index < -0.39 is 7.14 Å². The van der Waals surface area contributed by atoms with E-state index in [1.807, 2.05) is 91.3 Å². The van der Waals surface area contributed by atoms with Gasteiger partial charge in [0.05, 0.1) is 11.4 Å². The standard InChI is InChI=1S/C40H28N3OP/c44-45(36-12-2-1-3-13-36)39-16-6-4-14-37(39)43(38-15-5-7-17-40(38)45)35-20-18-29(19-21-35)32-24-33(30-10-8-22-41-27-30)26-34(25-32)31-11-9-23-42-28-31/h1-28H. The quantitative estimate of drug-likeness (QED) is 0.186. The number of rotatable bonds is 5. The average Bonchev–Trinajstić information content (AvgIpc) is 3.13. The minimum absolute atomic E-state index is 0.845. The summed E-state index contributed by atoms with van der Waals surface area (Å²) in [5.41, 5.74) is 9.41. The number of para-hydroxylation sites is 2. The van der Waals surface area contributed by atoms with Gasteiger partial charge in [-0.2, -0.15) is 0 Å². The van der Waals surface area contributed by atoms with Crippen molar-refractivity contribution in [2.24, 2.45) is 0 Å². The van der Waals surface area contributed by atoms with Crippen molar-refractivity contribution in [2.75, 3.05) is 4.90 Å². The van der Waals surface area contributed by atoms with Crippen molar-refractivity contribution in [3.63, 3.8) is 0 Å². The highest BCUT2D eigenvalue weighted by Gasteiger charge is 2.40. The molecule has 0 radical (unpaired) electrons. The average molecular weight is 598 g/mol. The van der Waals surface area contributed by atoms with E-state index in [-0.39, 0.29) is 0 Å². The summed E-state index contributed by atoms with van der Waals surface area (Å²) in [6.07, 6.45) is 7.39. The molecular formula is C40H28N3OP. The van der Waals surface area contributed by atoms with Crippen molar-refractivity contribution >= 4 is 40.1 Å². The summed E-state index contributed by atoms with van der Waals surface area (Å²) in [6.45, 7) is 0. The Labute approximate surface area is 262 Å². The first-order valence-electron chi connectivity index (χ1n) is 14.9. The lowest BCUT2D eigenvalue weighted by Crippen LogP contribution is -2.36. The van der Waals surface area contributed by atoms with Crippen LogP contribution >= 0.6 is 7.14 Å². The van der Waals surface area contributed by atoms with E-state index >= 15 is 4.57 Å². The SMILES string of the molecule is O=P1(c2ccccc2)c2ccccc2N(c2ccc(-c3cc(-c4cccnc4)cc(-c4cccnc4)c3)cc2)c2ccccc21. The van der Waals surface area contributed by atoms with Crippen LogP contribution in [0.1, 0.15) is 0 Å². The van der Waals surface area contributed by atoms with E-state index in [9.17, 15) is 0 Å². The number of pyridine rings is 2. The third-order valence-corrected chi connectivity index (χ3v) is 11.6. The van der Waals surface area contributed by atoms with Crippen molar-refractivity contribution in [3.8, 4) is 33.4 Å². The molecule has 0 atom stereocenters. The van der Waals surface area contributed by atoms with Crippen LogP contribution in [0.4, 0.5) is 17.1 Å². The number of aromatic nitrogens is 2. The predicted molar refractivity (Wildman–Crippen MR) is 186 cm³/mol.